The first-order chi connectivity index (χ1) is 8.60. The Kier molecular flexibility index (Phi) is 5.43. The molecule has 0 radical (unpaired) electrons. The second-order valence-electron chi connectivity index (χ2n) is 4.92. The van der Waals surface area contributed by atoms with Crippen molar-refractivity contribution >= 4 is 39.3 Å². The maximum atomic E-state index is 6.29. The molecule has 0 bridgehead atoms. The number of halogens is 2. The van der Waals surface area contributed by atoms with Crippen LogP contribution in [0.1, 0.15) is 37.8 Å². The highest BCUT2D eigenvalue weighted by Gasteiger charge is 2.25. The van der Waals surface area contributed by atoms with Crippen LogP contribution in [0.25, 0.3) is 0 Å². The van der Waals surface area contributed by atoms with E-state index in [1.165, 1.54) is 24.8 Å². The van der Waals surface area contributed by atoms with Gasteiger partial charge in [-0.2, -0.15) is 11.8 Å². The molecule has 0 heterocycles. The van der Waals surface area contributed by atoms with Gasteiger partial charge >= 0.3 is 0 Å². The Bertz CT molecular complexity index is 413. The summed E-state index contributed by atoms with van der Waals surface area (Å²) in [4.78, 5) is 0. The molecule has 3 unspecified atom stereocenters. The van der Waals surface area contributed by atoms with Gasteiger partial charge in [-0.05, 0) is 50.1 Å². The third-order valence-corrected chi connectivity index (χ3v) is 5.55. The van der Waals surface area contributed by atoms with Gasteiger partial charge in [0, 0.05) is 26.8 Å². The van der Waals surface area contributed by atoms with E-state index in [0.29, 0.717) is 12.1 Å². The zero-order chi connectivity index (χ0) is 13.1. The number of rotatable bonds is 4. The van der Waals surface area contributed by atoms with Crippen molar-refractivity contribution in [3.8, 4) is 0 Å². The Hall–Kier alpha value is 0.300. The number of nitrogens with one attached hydrogen (secondary N) is 1. The first kappa shape index (κ1) is 14.7. The number of hydrogen-bond donors (Lipinski definition) is 1. The quantitative estimate of drug-likeness (QED) is 0.818. The van der Waals surface area contributed by atoms with Gasteiger partial charge in [-0.15, -0.1) is 0 Å². The van der Waals surface area contributed by atoms with E-state index in [2.05, 4.69) is 46.6 Å². The van der Waals surface area contributed by atoms with Crippen molar-refractivity contribution < 1.29 is 0 Å². The molecule has 1 nitrogen and oxygen atoms in total. The molecule has 0 saturated heterocycles. The topological polar surface area (TPSA) is 12.0 Å². The SMILES string of the molecule is CSC1CCC(NC(C)c2ccc(Br)cc2Cl)C1. The fraction of sp³-hybridized carbons (Fsp3) is 0.571. The third kappa shape index (κ3) is 3.66. The van der Waals surface area contributed by atoms with E-state index in [9.17, 15) is 0 Å². The first-order valence-corrected chi connectivity index (χ1v) is 8.80. The summed E-state index contributed by atoms with van der Waals surface area (Å²) in [5.74, 6) is 0. The average Bonchev–Trinajstić information content (AvgIpc) is 2.76. The highest BCUT2D eigenvalue weighted by molar-refractivity contribution is 9.10. The fourth-order valence-corrected chi connectivity index (χ4v) is 4.24. The van der Waals surface area contributed by atoms with Gasteiger partial charge in [0.25, 0.3) is 0 Å². The molecule has 4 heteroatoms. The van der Waals surface area contributed by atoms with Gasteiger partial charge in [0.1, 0.15) is 0 Å². The molecule has 1 aliphatic rings. The molecule has 1 saturated carbocycles. The van der Waals surface area contributed by atoms with Crippen molar-refractivity contribution in [2.24, 2.45) is 0 Å². The third-order valence-electron chi connectivity index (χ3n) is 3.63. The summed E-state index contributed by atoms with van der Waals surface area (Å²) in [5.41, 5.74) is 1.19. The van der Waals surface area contributed by atoms with E-state index in [-0.39, 0.29) is 0 Å². The average molecular weight is 349 g/mol. The van der Waals surface area contributed by atoms with E-state index in [0.717, 1.165) is 14.7 Å². The van der Waals surface area contributed by atoms with Gasteiger partial charge in [-0.1, -0.05) is 33.6 Å². The molecule has 1 aromatic rings. The Balaban J connectivity index is 1.97. The minimum Gasteiger partial charge on any atom is -0.307 e. The summed E-state index contributed by atoms with van der Waals surface area (Å²) in [6.07, 6.45) is 6.10. The van der Waals surface area contributed by atoms with Gasteiger partial charge in [0.05, 0.1) is 0 Å². The lowest BCUT2D eigenvalue weighted by Gasteiger charge is -2.21. The molecule has 100 valence electrons. The van der Waals surface area contributed by atoms with E-state index in [4.69, 9.17) is 11.6 Å². The molecule has 0 spiro atoms. The second-order valence-corrected chi connectivity index (χ2v) is 7.38. The van der Waals surface area contributed by atoms with Gasteiger partial charge in [0.2, 0.25) is 0 Å². The normalized spacial score (nSPS) is 25.3. The number of thioether (sulfide) groups is 1. The standard InChI is InChI=1S/C14H19BrClNS/c1-9(13-6-3-10(15)7-14(13)16)17-11-4-5-12(8-11)18-2/h3,6-7,9,11-12,17H,4-5,8H2,1-2H3. The molecule has 1 N–H and O–H groups in total. The molecule has 2 rings (SSSR count). The number of hydrogen-bond acceptors (Lipinski definition) is 2. The summed E-state index contributed by atoms with van der Waals surface area (Å²) in [6, 6.07) is 7.08. The summed E-state index contributed by atoms with van der Waals surface area (Å²) >= 11 is 11.7. The first-order valence-electron chi connectivity index (χ1n) is 6.34. The predicted molar refractivity (Wildman–Crippen MR) is 85.6 cm³/mol. The van der Waals surface area contributed by atoms with Crippen LogP contribution in [-0.4, -0.2) is 17.5 Å². The van der Waals surface area contributed by atoms with Crippen molar-refractivity contribution in [3.63, 3.8) is 0 Å². The molecule has 0 aliphatic heterocycles. The Labute approximate surface area is 127 Å². The molecule has 0 aromatic heterocycles. The van der Waals surface area contributed by atoms with Crippen LogP contribution in [0.4, 0.5) is 0 Å². The van der Waals surface area contributed by atoms with Gasteiger partial charge in [-0.25, -0.2) is 0 Å². The second kappa shape index (κ2) is 6.65. The van der Waals surface area contributed by atoms with Crippen LogP contribution in [0.2, 0.25) is 5.02 Å². The van der Waals surface area contributed by atoms with Crippen molar-refractivity contribution in [1.82, 2.24) is 5.32 Å². The van der Waals surface area contributed by atoms with Crippen molar-refractivity contribution in [3.05, 3.63) is 33.3 Å². The molecule has 1 aliphatic carbocycles. The van der Waals surface area contributed by atoms with Crippen LogP contribution in [0.3, 0.4) is 0 Å². The van der Waals surface area contributed by atoms with E-state index in [1.54, 1.807) is 0 Å². The fourth-order valence-electron chi connectivity index (χ4n) is 2.60. The summed E-state index contributed by atoms with van der Waals surface area (Å²) < 4.78 is 1.03. The van der Waals surface area contributed by atoms with Crippen LogP contribution >= 0.6 is 39.3 Å². The Morgan fingerprint density at radius 1 is 1.44 bits per heavy atom. The molecular weight excluding hydrogens is 330 g/mol. The van der Waals surface area contributed by atoms with E-state index >= 15 is 0 Å². The zero-order valence-electron chi connectivity index (χ0n) is 10.7. The monoisotopic (exact) mass is 347 g/mol. The molecule has 18 heavy (non-hydrogen) atoms. The highest BCUT2D eigenvalue weighted by atomic mass is 79.9. The van der Waals surface area contributed by atoms with Crippen LogP contribution in [0.15, 0.2) is 22.7 Å². The maximum absolute atomic E-state index is 6.29. The smallest absolute Gasteiger partial charge is 0.0464 e. The number of benzene rings is 1. The molecule has 1 fully saturated rings. The minimum absolute atomic E-state index is 0.316. The lowest BCUT2D eigenvalue weighted by Crippen LogP contribution is -2.29. The Morgan fingerprint density at radius 3 is 2.83 bits per heavy atom. The largest absolute Gasteiger partial charge is 0.307 e. The summed E-state index contributed by atoms with van der Waals surface area (Å²) in [7, 11) is 0. The lowest BCUT2D eigenvalue weighted by molar-refractivity contribution is 0.462. The maximum Gasteiger partial charge on any atom is 0.0464 e. The molecule has 1 aromatic carbocycles. The molecular formula is C14H19BrClNS. The van der Waals surface area contributed by atoms with E-state index < -0.39 is 0 Å². The van der Waals surface area contributed by atoms with Gasteiger partial charge < -0.3 is 5.32 Å². The molecule has 3 atom stereocenters. The minimum atomic E-state index is 0.316. The predicted octanol–water partition coefficient (Wildman–Crippen LogP) is 5.04. The van der Waals surface area contributed by atoms with Crippen LogP contribution < -0.4 is 5.32 Å². The lowest BCUT2D eigenvalue weighted by atomic mass is 10.1. The van der Waals surface area contributed by atoms with E-state index in [1.807, 2.05) is 17.8 Å². The van der Waals surface area contributed by atoms with Crippen molar-refractivity contribution in [2.75, 3.05) is 6.26 Å². The Morgan fingerprint density at radius 2 is 2.22 bits per heavy atom. The molecule has 0 amide bonds. The van der Waals surface area contributed by atoms with Crippen LogP contribution in [0, 0.1) is 0 Å². The van der Waals surface area contributed by atoms with Crippen molar-refractivity contribution in [2.45, 2.75) is 43.5 Å². The van der Waals surface area contributed by atoms with Crippen LogP contribution in [-0.2, 0) is 0 Å². The van der Waals surface area contributed by atoms with Gasteiger partial charge in [-0.3, -0.25) is 0 Å². The van der Waals surface area contributed by atoms with Gasteiger partial charge in [0.15, 0.2) is 0 Å². The van der Waals surface area contributed by atoms with Crippen LogP contribution in [0.5, 0.6) is 0 Å². The zero-order valence-corrected chi connectivity index (χ0v) is 13.9. The summed E-state index contributed by atoms with van der Waals surface area (Å²) in [5, 5.41) is 5.37. The highest BCUT2D eigenvalue weighted by Crippen LogP contribution is 2.31. The summed E-state index contributed by atoms with van der Waals surface area (Å²) in [6.45, 7) is 2.20. The van der Waals surface area contributed by atoms with Crippen molar-refractivity contribution in [1.29, 1.82) is 0 Å².